The van der Waals surface area contributed by atoms with Crippen molar-refractivity contribution in [2.24, 2.45) is 0 Å². The Bertz CT molecular complexity index is 995. The number of hydrogen-bond acceptors (Lipinski definition) is 3. The molecular weight excluding hydrogens is 362 g/mol. The van der Waals surface area contributed by atoms with E-state index in [4.69, 9.17) is 0 Å². The van der Waals surface area contributed by atoms with Gasteiger partial charge in [-0.25, -0.2) is 4.98 Å². The van der Waals surface area contributed by atoms with E-state index >= 15 is 0 Å². The molecule has 0 aliphatic heterocycles. The maximum atomic E-state index is 12.9. The third-order valence-electron chi connectivity index (χ3n) is 4.57. The third-order valence-corrected chi connectivity index (χ3v) is 4.57. The van der Waals surface area contributed by atoms with Gasteiger partial charge in [-0.05, 0) is 61.7 Å². The van der Waals surface area contributed by atoms with Gasteiger partial charge in [-0.1, -0.05) is 42.5 Å². The van der Waals surface area contributed by atoms with Crippen LogP contribution >= 0.6 is 0 Å². The summed E-state index contributed by atoms with van der Waals surface area (Å²) in [5.74, 6) is -0.534. The maximum absolute atomic E-state index is 12.9. The lowest BCUT2D eigenvalue weighted by molar-refractivity contribution is 0.0746. The average molecular weight is 387 g/mol. The molecule has 0 unspecified atom stereocenters. The fraction of sp³-hybridized carbons (Fsp3) is 0.208. The predicted octanol–water partition coefficient (Wildman–Crippen LogP) is 4.61. The number of pyridine rings is 1. The minimum Gasteiger partial charge on any atom is -0.333 e. The first-order valence-electron chi connectivity index (χ1n) is 9.66. The van der Waals surface area contributed by atoms with Crippen LogP contribution in [-0.2, 0) is 6.54 Å². The lowest BCUT2D eigenvalue weighted by Gasteiger charge is -2.20. The van der Waals surface area contributed by atoms with Crippen molar-refractivity contribution in [3.8, 4) is 0 Å². The van der Waals surface area contributed by atoms with Gasteiger partial charge in [0, 0.05) is 18.8 Å². The quantitative estimate of drug-likeness (QED) is 0.672. The molecule has 3 aromatic rings. The third kappa shape index (κ3) is 5.29. The van der Waals surface area contributed by atoms with Crippen LogP contribution in [-0.4, -0.2) is 28.2 Å². The van der Waals surface area contributed by atoms with Crippen molar-refractivity contribution in [3.05, 3.63) is 94.8 Å². The smallest absolute Gasteiger partial charge is 0.274 e. The van der Waals surface area contributed by atoms with Gasteiger partial charge in [-0.2, -0.15) is 0 Å². The van der Waals surface area contributed by atoms with E-state index in [1.165, 1.54) is 0 Å². The van der Waals surface area contributed by atoms with Crippen LogP contribution in [0.3, 0.4) is 0 Å². The molecule has 0 atom stereocenters. The zero-order valence-electron chi connectivity index (χ0n) is 17.0. The van der Waals surface area contributed by atoms with Crippen molar-refractivity contribution in [2.75, 3.05) is 11.9 Å². The first kappa shape index (κ1) is 20.3. The monoisotopic (exact) mass is 387 g/mol. The van der Waals surface area contributed by atoms with Gasteiger partial charge in [0.05, 0.1) is 0 Å². The Balaban J connectivity index is 1.76. The second-order valence-corrected chi connectivity index (χ2v) is 7.04. The van der Waals surface area contributed by atoms with E-state index in [1.807, 2.05) is 69.3 Å². The molecule has 2 amide bonds. The van der Waals surface area contributed by atoms with Crippen LogP contribution in [0.25, 0.3) is 0 Å². The molecule has 1 N–H and O–H groups in total. The van der Waals surface area contributed by atoms with Crippen LogP contribution in [0.4, 0.5) is 5.69 Å². The molecule has 5 heteroatoms. The molecule has 0 saturated carbocycles. The molecule has 29 heavy (non-hydrogen) atoms. The Morgan fingerprint density at radius 3 is 2.21 bits per heavy atom. The summed E-state index contributed by atoms with van der Waals surface area (Å²) in [7, 11) is 0. The SMILES string of the molecule is CCN(Cc1ccccc1)C(=O)c1cccc(C(=O)Nc2cc(C)cc(C)c2)n1. The van der Waals surface area contributed by atoms with Gasteiger partial charge in [-0.3, -0.25) is 9.59 Å². The Kier molecular flexibility index (Phi) is 6.39. The molecule has 0 saturated heterocycles. The molecule has 1 aromatic heterocycles. The minimum atomic E-state index is -0.337. The Morgan fingerprint density at radius 2 is 1.55 bits per heavy atom. The molecular formula is C24H25N3O2. The number of nitrogens with one attached hydrogen (secondary N) is 1. The largest absolute Gasteiger partial charge is 0.333 e. The predicted molar refractivity (Wildman–Crippen MR) is 115 cm³/mol. The Hall–Kier alpha value is -3.47. The van der Waals surface area contributed by atoms with Crippen molar-refractivity contribution in [1.29, 1.82) is 0 Å². The van der Waals surface area contributed by atoms with E-state index in [0.29, 0.717) is 18.8 Å². The fourth-order valence-electron chi connectivity index (χ4n) is 3.22. The van der Waals surface area contributed by atoms with Gasteiger partial charge >= 0.3 is 0 Å². The molecule has 148 valence electrons. The summed E-state index contributed by atoms with van der Waals surface area (Å²) in [4.78, 5) is 31.6. The van der Waals surface area contributed by atoms with Gasteiger partial charge in [-0.15, -0.1) is 0 Å². The molecule has 2 aromatic carbocycles. The van der Waals surface area contributed by atoms with Crippen molar-refractivity contribution < 1.29 is 9.59 Å². The number of carbonyl (C=O) groups excluding carboxylic acids is 2. The molecule has 0 aliphatic carbocycles. The summed E-state index contributed by atoms with van der Waals surface area (Å²) in [5.41, 5.74) is 4.37. The van der Waals surface area contributed by atoms with E-state index in [1.54, 1.807) is 23.1 Å². The van der Waals surface area contributed by atoms with Crippen LogP contribution in [0.15, 0.2) is 66.7 Å². The highest BCUT2D eigenvalue weighted by Gasteiger charge is 2.18. The van der Waals surface area contributed by atoms with Gasteiger partial charge in [0.15, 0.2) is 0 Å². The average Bonchev–Trinajstić information content (AvgIpc) is 2.71. The number of nitrogens with zero attached hydrogens (tertiary/aromatic N) is 2. The fourth-order valence-corrected chi connectivity index (χ4v) is 3.22. The van der Waals surface area contributed by atoms with Crippen molar-refractivity contribution in [1.82, 2.24) is 9.88 Å². The van der Waals surface area contributed by atoms with Crippen LogP contribution in [0.2, 0.25) is 0 Å². The summed E-state index contributed by atoms with van der Waals surface area (Å²) >= 11 is 0. The molecule has 0 bridgehead atoms. The second kappa shape index (κ2) is 9.15. The molecule has 0 radical (unpaired) electrons. The molecule has 1 heterocycles. The normalized spacial score (nSPS) is 10.4. The molecule has 5 nitrogen and oxygen atoms in total. The summed E-state index contributed by atoms with van der Waals surface area (Å²) in [5, 5.41) is 2.86. The zero-order valence-corrected chi connectivity index (χ0v) is 17.0. The van der Waals surface area contributed by atoms with Gasteiger partial charge in [0.1, 0.15) is 11.4 Å². The van der Waals surface area contributed by atoms with Gasteiger partial charge < -0.3 is 10.2 Å². The number of aromatic nitrogens is 1. The summed E-state index contributed by atoms with van der Waals surface area (Å²) in [6.07, 6.45) is 0. The lowest BCUT2D eigenvalue weighted by Crippen LogP contribution is -2.31. The number of amides is 2. The number of benzene rings is 2. The Morgan fingerprint density at radius 1 is 0.897 bits per heavy atom. The molecule has 0 spiro atoms. The van der Waals surface area contributed by atoms with Crippen LogP contribution < -0.4 is 5.32 Å². The number of carbonyl (C=O) groups is 2. The van der Waals surface area contributed by atoms with E-state index in [9.17, 15) is 9.59 Å². The van der Waals surface area contributed by atoms with Crippen LogP contribution in [0.5, 0.6) is 0 Å². The summed E-state index contributed by atoms with van der Waals surface area (Å²) in [6.45, 7) is 6.93. The van der Waals surface area contributed by atoms with E-state index in [0.717, 1.165) is 16.7 Å². The summed E-state index contributed by atoms with van der Waals surface area (Å²) < 4.78 is 0. The minimum absolute atomic E-state index is 0.197. The van der Waals surface area contributed by atoms with E-state index in [2.05, 4.69) is 10.3 Å². The molecule has 3 rings (SSSR count). The van der Waals surface area contributed by atoms with Crippen molar-refractivity contribution >= 4 is 17.5 Å². The number of aryl methyl sites for hydroxylation is 2. The maximum Gasteiger partial charge on any atom is 0.274 e. The van der Waals surface area contributed by atoms with E-state index in [-0.39, 0.29) is 23.2 Å². The van der Waals surface area contributed by atoms with Gasteiger partial charge in [0.25, 0.3) is 11.8 Å². The Labute approximate surface area is 171 Å². The first-order chi connectivity index (χ1) is 14.0. The highest BCUT2D eigenvalue weighted by molar-refractivity contribution is 6.04. The van der Waals surface area contributed by atoms with Gasteiger partial charge in [0.2, 0.25) is 0 Å². The number of hydrogen-bond donors (Lipinski definition) is 1. The van der Waals surface area contributed by atoms with E-state index < -0.39 is 0 Å². The lowest BCUT2D eigenvalue weighted by atomic mass is 10.1. The standard InChI is InChI=1S/C24H25N3O2/c1-4-27(16-19-9-6-5-7-10-19)24(29)22-12-8-11-21(26-22)23(28)25-20-14-17(2)13-18(3)15-20/h5-15H,4,16H2,1-3H3,(H,25,28). The second-order valence-electron chi connectivity index (χ2n) is 7.04. The van der Waals surface area contributed by atoms with Crippen molar-refractivity contribution in [2.45, 2.75) is 27.3 Å². The topological polar surface area (TPSA) is 62.3 Å². The summed E-state index contributed by atoms with van der Waals surface area (Å²) in [6, 6.07) is 20.6. The first-order valence-corrected chi connectivity index (χ1v) is 9.66. The highest BCUT2D eigenvalue weighted by atomic mass is 16.2. The van der Waals surface area contributed by atoms with Crippen LogP contribution in [0.1, 0.15) is 44.6 Å². The van der Waals surface area contributed by atoms with Crippen LogP contribution in [0, 0.1) is 13.8 Å². The zero-order chi connectivity index (χ0) is 20.8. The number of anilines is 1. The number of rotatable bonds is 6. The highest BCUT2D eigenvalue weighted by Crippen LogP contribution is 2.15. The molecule has 0 aliphatic rings. The van der Waals surface area contributed by atoms with Crippen molar-refractivity contribution in [3.63, 3.8) is 0 Å². The molecule has 0 fully saturated rings.